The molecule has 10 heteroatoms. The first-order valence-corrected chi connectivity index (χ1v) is 9.12. The molecule has 2 N–H and O–H groups in total. The number of carboxylic acids is 1. The van der Waals surface area contributed by atoms with E-state index in [1.54, 1.807) is 12.1 Å². The molecule has 3 aromatic rings. The standard InChI is InChI=1S/C21H15F2N5O3/c1-11-16(19(29)30)17(13-7-5-12(10-24)6-8-13)28-20(25-26-21(28)31)27(11)15-4-2-3-14(9-15)18(22)23/h2-9,17-18H,1H3,(H,26,31)(H,29,30). The lowest BCUT2D eigenvalue weighted by Gasteiger charge is -2.35. The maximum absolute atomic E-state index is 13.2. The van der Waals surface area contributed by atoms with Crippen LogP contribution < -0.4 is 10.6 Å². The van der Waals surface area contributed by atoms with Crippen LogP contribution in [0.1, 0.15) is 36.1 Å². The molecule has 0 radical (unpaired) electrons. The smallest absolute Gasteiger partial charge is 0.345 e. The fourth-order valence-corrected chi connectivity index (χ4v) is 3.72. The van der Waals surface area contributed by atoms with E-state index in [0.717, 1.165) is 4.57 Å². The topological polar surface area (TPSA) is 115 Å². The molecule has 31 heavy (non-hydrogen) atoms. The molecule has 0 fully saturated rings. The highest BCUT2D eigenvalue weighted by Gasteiger charge is 2.38. The Hall–Kier alpha value is -4.26. The summed E-state index contributed by atoms with van der Waals surface area (Å²) in [4.78, 5) is 26.2. The van der Waals surface area contributed by atoms with Crippen molar-refractivity contribution in [2.75, 3.05) is 4.90 Å². The van der Waals surface area contributed by atoms with E-state index < -0.39 is 24.1 Å². The van der Waals surface area contributed by atoms with Crippen LogP contribution in [-0.4, -0.2) is 25.8 Å². The van der Waals surface area contributed by atoms with Gasteiger partial charge in [0.15, 0.2) is 0 Å². The summed E-state index contributed by atoms with van der Waals surface area (Å²) in [7, 11) is 0. The van der Waals surface area contributed by atoms with Gasteiger partial charge in [-0.3, -0.25) is 4.90 Å². The van der Waals surface area contributed by atoms with Crippen molar-refractivity contribution in [2.24, 2.45) is 0 Å². The van der Waals surface area contributed by atoms with Crippen LogP contribution in [0, 0.1) is 11.3 Å². The number of allylic oxidation sites excluding steroid dienone is 1. The summed E-state index contributed by atoms with van der Waals surface area (Å²) in [5.74, 6) is -1.21. The van der Waals surface area contributed by atoms with E-state index in [-0.39, 0.29) is 28.5 Å². The van der Waals surface area contributed by atoms with E-state index in [4.69, 9.17) is 5.26 Å². The van der Waals surface area contributed by atoms with Gasteiger partial charge in [0, 0.05) is 16.9 Å². The number of halogens is 2. The summed E-state index contributed by atoms with van der Waals surface area (Å²) >= 11 is 0. The molecule has 156 valence electrons. The number of nitrogens with zero attached hydrogens (tertiary/aromatic N) is 4. The van der Waals surface area contributed by atoms with Gasteiger partial charge in [0.1, 0.15) is 6.04 Å². The minimum atomic E-state index is -2.72. The van der Waals surface area contributed by atoms with Gasteiger partial charge in [0.2, 0.25) is 5.95 Å². The van der Waals surface area contributed by atoms with Gasteiger partial charge >= 0.3 is 11.7 Å². The Kier molecular flexibility index (Phi) is 4.87. The average molecular weight is 423 g/mol. The van der Waals surface area contributed by atoms with Crippen molar-refractivity contribution in [3.05, 3.63) is 87.0 Å². The van der Waals surface area contributed by atoms with Crippen LogP contribution in [-0.2, 0) is 4.79 Å². The number of alkyl halides is 2. The van der Waals surface area contributed by atoms with Crippen LogP contribution in [0.3, 0.4) is 0 Å². The van der Waals surface area contributed by atoms with Crippen molar-refractivity contribution in [1.82, 2.24) is 14.8 Å². The van der Waals surface area contributed by atoms with Crippen LogP contribution in [0.2, 0.25) is 0 Å². The predicted molar refractivity (Wildman–Crippen MR) is 106 cm³/mol. The Morgan fingerprint density at radius 1 is 1.26 bits per heavy atom. The molecule has 0 saturated heterocycles. The summed E-state index contributed by atoms with van der Waals surface area (Å²) in [5.41, 5.74) is 0.269. The highest BCUT2D eigenvalue weighted by Crippen LogP contribution is 2.41. The van der Waals surface area contributed by atoms with Crippen LogP contribution in [0.4, 0.5) is 20.4 Å². The van der Waals surface area contributed by atoms with E-state index in [1.807, 2.05) is 6.07 Å². The number of aliphatic carboxylic acids is 1. The molecule has 1 unspecified atom stereocenters. The van der Waals surface area contributed by atoms with Gasteiger partial charge in [0.05, 0.1) is 17.2 Å². The third-order valence-corrected chi connectivity index (χ3v) is 5.11. The van der Waals surface area contributed by atoms with Gasteiger partial charge < -0.3 is 5.11 Å². The third-order valence-electron chi connectivity index (χ3n) is 5.11. The highest BCUT2D eigenvalue weighted by molar-refractivity contribution is 5.92. The molecule has 4 rings (SSSR count). The first-order chi connectivity index (χ1) is 14.8. The number of hydrogen-bond donors (Lipinski definition) is 2. The summed E-state index contributed by atoms with van der Waals surface area (Å²) in [6, 6.07) is 12.6. The highest BCUT2D eigenvalue weighted by atomic mass is 19.3. The largest absolute Gasteiger partial charge is 0.478 e. The van der Waals surface area contributed by atoms with Crippen molar-refractivity contribution in [2.45, 2.75) is 19.4 Å². The van der Waals surface area contributed by atoms with E-state index >= 15 is 0 Å². The molecule has 2 aromatic carbocycles. The van der Waals surface area contributed by atoms with Gasteiger partial charge in [-0.25, -0.2) is 28.0 Å². The number of aromatic nitrogens is 3. The molecule has 1 aliphatic rings. The zero-order chi connectivity index (χ0) is 22.3. The Morgan fingerprint density at radius 2 is 1.97 bits per heavy atom. The van der Waals surface area contributed by atoms with E-state index in [1.165, 1.54) is 48.2 Å². The van der Waals surface area contributed by atoms with Crippen molar-refractivity contribution in [1.29, 1.82) is 5.26 Å². The number of fused-ring (bicyclic) bond motifs is 1. The zero-order valence-electron chi connectivity index (χ0n) is 16.1. The number of nitriles is 1. The molecule has 0 spiro atoms. The van der Waals surface area contributed by atoms with Crippen LogP contribution >= 0.6 is 0 Å². The molecule has 1 aliphatic heterocycles. The Morgan fingerprint density at radius 3 is 2.58 bits per heavy atom. The number of carboxylic acid groups (broad SMARTS) is 1. The third kappa shape index (κ3) is 3.26. The zero-order valence-corrected chi connectivity index (χ0v) is 16.1. The number of nitrogens with one attached hydrogen (secondary N) is 1. The number of carbonyl (C=O) groups is 1. The number of hydrogen-bond acceptors (Lipinski definition) is 5. The van der Waals surface area contributed by atoms with Crippen LogP contribution in [0.15, 0.2) is 64.6 Å². The first-order valence-electron chi connectivity index (χ1n) is 9.12. The van der Waals surface area contributed by atoms with Crippen molar-refractivity contribution in [3.8, 4) is 6.07 Å². The van der Waals surface area contributed by atoms with Gasteiger partial charge in [-0.2, -0.15) is 5.26 Å². The lowest BCUT2D eigenvalue weighted by atomic mass is 9.94. The molecule has 2 heterocycles. The lowest BCUT2D eigenvalue weighted by Crippen LogP contribution is -2.37. The molecular formula is C21H15F2N5O3. The van der Waals surface area contributed by atoms with Crippen molar-refractivity contribution >= 4 is 17.6 Å². The second-order valence-corrected chi connectivity index (χ2v) is 6.87. The number of H-pyrrole nitrogens is 1. The summed E-state index contributed by atoms with van der Waals surface area (Å²) in [6.45, 7) is 1.53. The van der Waals surface area contributed by atoms with Gasteiger partial charge in [-0.05, 0) is 36.8 Å². The maximum Gasteiger partial charge on any atom is 0.345 e. The molecule has 0 bridgehead atoms. The van der Waals surface area contributed by atoms with Gasteiger partial charge in [0.25, 0.3) is 6.43 Å². The quantitative estimate of drug-likeness (QED) is 0.664. The minimum absolute atomic E-state index is 0.0632. The molecule has 0 amide bonds. The fraction of sp³-hybridized carbons (Fsp3) is 0.143. The van der Waals surface area contributed by atoms with Crippen LogP contribution in [0.25, 0.3) is 0 Å². The summed E-state index contributed by atoms with van der Waals surface area (Å²) in [6.07, 6.45) is -2.72. The summed E-state index contributed by atoms with van der Waals surface area (Å²) < 4.78 is 27.6. The number of anilines is 2. The Bertz CT molecular complexity index is 1300. The SMILES string of the molecule is CC1=C(C(=O)O)C(c2ccc(C#N)cc2)n2c(n[nH]c2=O)N1c1cccc(C(F)F)c1. The second kappa shape index (κ2) is 7.53. The minimum Gasteiger partial charge on any atom is -0.478 e. The first kappa shape index (κ1) is 20.0. The molecular weight excluding hydrogens is 408 g/mol. The number of aromatic amines is 1. The van der Waals surface area contributed by atoms with Crippen molar-refractivity contribution < 1.29 is 18.7 Å². The molecule has 1 atom stereocenters. The average Bonchev–Trinajstić information content (AvgIpc) is 3.13. The number of benzene rings is 2. The lowest BCUT2D eigenvalue weighted by molar-refractivity contribution is -0.133. The molecule has 1 aromatic heterocycles. The van der Waals surface area contributed by atoms with E-state index in [2.05, 4.69) is 10.2 Å². The van der Waals surface area contributed by atoms with Crippen molar-refractivity contribution in [3.63, 3.8) is 0 Å². The fourth-order valence-electron chi connectivity index (χ4n) is 3.72. The van der Waals surface area contributed by atoms with Crippen LogP contribution in [0.5, 0.6) is 0 Å². The molecule has 0 saturated carbocycles. The van der Waals surface area contributed by atoms with E-state index in [0.29, 0.717) is 11.1 Å². The normalized spacial score (nSPS) is 15.7. The number of rotatable bonds is 4. The van der Waals surface area contributed by atoms with E-state index in [9.17, 15) is 23.5 Å². The van der Waals surface area contributed by atoms with Gasteiger partial charge in [-0.1, -0.05) is 24.3 Å². The Balaban J connectivity index is 1.98. The van der Waals surface area contributed by atoms with Gasteiger partial charge in [-0.15, -0.1) is 5.10 Å². The monoisotopic (exact) mass is 423 g/mol. The Labute approximate surface area is 174 Å². The predicted octanol–water partition coefficient (Wildman–Crippen LogP) is 3.48. The summed E-state index contributed by atoms with van der Waals surface area (Å²) in [5, 5.41) is 25.4. The second-order valence-electron chi connectivity index (χ2n) is 6.87. The maximum atomic E-state index is 13.2. The molecule has 8 nitrogen and oxygen atoms in total. The molecule has 0 aliphatic carbocycles.